The molecule has 4 amide bonds. The van der Waals surface area contributed by atoms with Gasteiger partial charge in [0, 0.05) is 19.9 Å². The zero-order valence-corrected chi connectivity index (χ0v) is 29.3. The fraction of sp³-hybridized carbons (Fsp3) is 0.545. The molecule has 0 saturated carbocycles. The summed E-state index contributed by atoms with van der Waals surface area (Å²) in [6, 6.07) is 3.47. The molecule has 0 aliphatic carbocycles. The van der Waals surface area contributed by atoms with E-state index in [0.717, 1.165) is 0 Å². The number of hydrogen-bond acceptors (Lipinski definition) is 13. The van der Waals surface area contributed by atoms with Crippen molar-refractivity contribution < 1.29 is 43.6 Å². The molecular formula is C33H47N9O9. The summed E-state index contributed by atoms with van der Waals surface area (Å²) in [7, 11) is 1.52. The first-order chi connectivity index (χ1) is 24.2. The number of carbonyl (C=O) groups is 4. The smallest absolute Gasteiger partial charge is 0.408 e. The van der Waals surface area contributed by atoms with Crippen LogP contribution in [0.25, 0.3) is 11.2 Å². The van der Waals surface area contributed by atoms with Gasteiger partial charge in [-0.15, -0.1) is 0 Å². The lowest BCUT2D eigenvalue weighted by atomic mass is 10.0. The molecule has 18 heteroatoms. The monoisotopic (exact) mass is 713 g/mol. The van der Waals surface area contributed by atoms with Crippen LogP contribution in [-0.2, 0) is 30.3 Å². The van der Waals surface area contributed by atoms with E-state index < -0.39 is 66.7 Å². The zero-order valence-electron chi connectivity index (χ0n) is 29.3. The van der Waals surface area contributed by atoms with E-state index in [1.54, 1.807) is 45.0 Å². The van der Waals surface area contributed by atoms with Crippen molar-refractivity contribution in [2.75, 3.05) is 26.0 Å². The molecule has 18 nitrogen and oxygen atoms in total. The number of aromatic nitrogens is 4. The number of aliphatic hydroxyl groups is 2. The number of amides is 4. The van der Waals surface area contributed by atoms with Gasteiger partial charge in [-0.05, 0) is 57.7 Å². The number of fused-ring (bicyclic) bond motifs is 1. The van der Waals surface area contributed by atoms with E-state index in [2.05, 4.69) is 36.2 Å². The summed E-state index contributed by atoms with van der Waals surface area (Å²) >= 11 is 0. The SMILES string of the molecule is COc1ccc(CC(NC(=O)C(CCCCNC(C)=O)NC(=O)OC(C)(C)C)C(=O)NC2[C@@H](CO)O[C@@H](n3cnc4c(N)ncnc43)[C@H]2O)cc1. The van der Waals surface area contributed by atoms with Gasteiger partial charge in [-0.3, -0.25) is 19.0 Å². The van der Waals surface area contributed by atoms with Crippen LogP contribution >= 0.6 is 0 Å². The average molecular weight is 714 g/mol. The standard InChI is InChI=1S/C33H47N9O9/c1-18(44)35-13-7-6-8-21(40-32(48)51-33(2,3)4)29(46)39-22(14-19-9-11-20(49-5)12-10-19)30(47)41-24-23(15-43)50-31(26(24)45)42-17-38-25-27(34)36-16-37-28(25)42/h9-12,16-17,21-24,26,31,43,45H,6-8,13-15H2,1-5H3,(H,35,44)(H,39,46)(H,40,48)(H,41,47)(H2,34,36,37)/t21?,22?,23-,24?,26+,31-/m1/s1. The molecular weight excluding hydrogens is 666 g/mol. The molecule has 0 bridgehead atoms. The highest BCUT2D eigenvalue weighted by Crippen LogP contribution is 2.32. The lowest BCUT2D eigenvalue weighted by molar-refractivity contribution is -0.131. The Balaban J connectivity index is 1.56. The van der Waals surface area contributed by atoms with Crippen molar-refractivity contribution in [1.29, 1.82) is 0 Å². The second kappa shape index (κ2) is 17.2. The maximum Gasteiger partial charge on any atom is 0.408 e. The van der Waals surface area contributed by atoms with Gasteiger partial charge in [0.25, 0.3) is 0 Å². The number of methoxy groups -OCH3 is 1. The fourth-order valence-electron chi connectivity index (χ4n) is 5.56. The molecule has 6 atom stereocenters. The van der Waals surface area contributed by atoms with Crippen LogP contribution in [0.1, 0.15) is 58.7 Å². The van der Waals surface area contributed by atoms with Gasteiger partial charge in [0.1, 0.15) is 47.5 Å². The number of nitrogens with one attached hydrogen (secondary N) is 4. The number of carbonyl (C=O) groups excluding carboxylic acids is 4. The van der Waals surface area contributed by atoms with Crippen LogP contribution in [0.4, 0.5) is 10.6 Å². The van der Waals surface area contributed by atoms with Crippen LogP contribution in [-0.4, -0.2) is 110 Å². The minimum atomic E-state index is -1.39. The number of alkyl carbamates (subject to hydrolysis) is 1. The number of rotatable bonds is 15. The van der Waals surface area contributed by atoms with E-state index in [-0.39, 0.29) is 35.7 Å². The largest absolute Gasteiger partial charge is 0.497 e. The number of nitrogen functional groups attached to an aromatic ring is 1. The molecule has 0 spiro atoms. The van der Waals surface area contributed by atoms with E-state index in [1.165, 1.54) is 31.3 Å². The Morgan fingerprint density at radius 1 is 1.04 bits per heavy atom. The van der Waals surface area contributed by atoms with Gasteiger partial charge in [-0.1, -0.05) is 12.1 Å². The Hall–Kier alpha value is -5.07. The first-order valence-corrected chi connectivity index (χ1v) is 16.6. The maximum atomic E-state index is 14.0. The van der Waals surface area contributed by atoms with Crippen LogP contribution in [0.3, 0.4) is 0 Å². The number of aliphatic hydroxyl groups excluding tert-OH is 2. The van der Waals surface area contributed by atoms with Crippen molar-refractivity contribution >= 4 is 40.8 Å². The second-order valence-electron chi connectivity index (χ2n) is 13.1. The summed E-state index contributed by atoms with van der Waals surface area (Å²) in [5, 5.41) is 32.4. The summed E-state index contributed by atoms with van der Waals surface area (Å²) in [5.74, 6) is -0.815. The lowest BCUT2D eigenvalue weighted by Crippen LogP contribution is -2.58. The molecule has 1 saturated heterocycles. The summed E-state index contributed by atoms with van der Waals surface area (Å²) < 4.78 is 18.0. The molecule has 1 aromatic carbocycles. The van der Waals surface area contributed by atoms with Gasteiger partial charge < -0.3 is 51.4 Å². The molecule has 3 unspecified atom stereocenters. The van der Waals surface area contributed by atoms with Crippen molar-refractivity contribution in [2.45, 2.75) is 95.5 Å². The van der Waals surface area contributed by atoms with E-state index >= 15 is 0 Å². The van der Waals surface area contributed by atoms with E-state index in [0.29, 0.717) is 30.7 Å². The molecule has 3 aromatic rings. The highest BCUT2D eigenvalue weighted by molar-refractivity contribution is 5.91. The summed E-state index contributed by atoms with van der Waals surface area (Å²) in [5.41, 5.74) is 6.32. The lowest BCUT2D eigenvalue weighted by Gasteiger charge is -2.27. The minimum absolute atomic E-state index is 0.0164. The average Bonchev–Trinajstić information content (AvgIpc) is 3.64. The van der Waals surface area contributed by atoms with Gasteiger partial charge in [0.2, 0.25) is 17.7 Å². The Bertz CT molecular complexity index is 1660. The number of benzene rings is 1. The van der Waals surface area contributed by atoms with Crippen LogP contribution < -0.4 is 31.7 Å². The first-order valence-electron chi connectivity index (χ1n) is 16.6. The van der Waals surface area contributed by atoms with Crippen LogP contribution in [0.2, 0.25) is 0 Å². The molecule has 1 aliphatic heterocycles. The fourth-order valence-corrected chi connectivity index (χ4v) is 5.56. The van der Waals surface area contributed by atoms with Gasteiger partial charge in [0.15, 0.2) is 17.7 Å². The predicted octanol–water partition coefficient (Wildman–Crippen LogP) is 0.0797. The second-order valence-corrected chi connectivity index (χ2v) is 13.1. The molecule has 4 rings (SSSR count). The number of nitrogens with zero attached hydrogens (tertiary/aromatic N) is 4. The molecule has 1 fully saturated rings. The van der Waals surface area contributed by atoms with Crippen molar-refractivity contribution in [3.05, 3.63) is 42.5 Å². The van der Waals surface area contributed by atoms with E-state index in [1.807, 2.05) is 0 Å². The highest BCUT2D eigenvalue weighted by atomic mass is 16.6. The molecule has 8 N–H and O–H groups in total. The van der Waals surface area contributed by atoms with Gasteiger partial charge in [0.05, 0.1) is 26.1 Å². The van der Waals surface area contributed by atoms with Crippen LogP contribution in [0.15, 0.2) is 36.9 Å². The first kappa shape index (κ1) is 38.7. The quantitative estimate of drug-likeness (QED) is 0.103. The number of anilines is 1. The van der Waals surface area contributed by atoms with Crippen molar-refractivity contribution in [1.82, 2.24) is 40.8 Å². The van der Waals surface area contributed by atoms with E-state index in [4.69, 9.17) is 19.9 Å². The Labute approximate surface area is 294 Å². The summed E-state index contributed by atoms with van der Waals surface area (Å²) in [6.45, 7) is 6.29. The van der Waals surface area contributed by atoms with Gasteiger partial charge >= 0.3 is 6.09 Å². The Kier molecular flexibility index (Phi) is 13.1. The number of imidazole rings is 1. The predicted molar refractivity (Wildman–Crippen MR) is 183 cm³/mol. The Morgan fingerprint density at radius 2 is 1.76 bits per heavy atom. The van der Waals surface area contributed by atoms with Gasteiger partial charge in [-0.2, -0.15) is 0 Å². The highest BCUT2D eigenvalue weighted by Gasteiger charge is 2.46. The third kappa shape index (κ3) is 10.5. The number of unbranched alkanes of at least 4 members (excludes halogenated alkanes) is 1. The van der Waals surface area contributed by atoms with E-state index in [9.17, 15) is 29.4 Å². The number of hydrogen-bond donors (Lipinski definition) is 7. The van der Waals surface area contributed by atoms with Crippen molar-refractivity contribution in [3.63, 3.8) is 0 Å². The number of ether oxygens (including phenoxy) is 3. The molecule has 1 aliphatic rings. The molecule has 2 aromatic heterocycles. The summed E-state index contributed by atoms with van der Waals surface area (Å²) in [4.78, 5) is 64.1. The Morgan fingerprint density at radius 3 is 2.41 bits per heavy atom. The molecule has 278 valence electrons. The summed E-state index contributed by atoms with van der Waals surface area (Å²) in [6.07, 6.45) is -0.583. The topological polar surface area (TPSA) is 254 Å². The minimum Gasteiger partial charge on any atom is -0.497 e. The van der Waals surface area contributed by atoms with Crippen LogP contribution in [0.5, 0.6) is 5.75 Å². The van der Waals surface area contributed by atoms with Gasteiger partial charge in [-0.25, -0.2) is 19.7 Å². The molecule has 0 radical (unpaired) electrons. The molecule has 3 heterocycles. The van der Waals surface area contributed by atoms with Crippen molar-refractivity contribution in [2.24, 2.45) is 0 Å². The zero-order chi connectivity index (χ0) is 37.3. The van der Waals surface area contributed by atoms with Crippen molar-refractivity contribution in [3.8, 4) is 5.75 Å². The normalized spacial score (nSPS) is 19.9. The molecule has 51 heavy (non-hydrogen) atoms. The third-order valence-corrected chi connectivity index (χ3v) is 8.06. The third-order valence-electron chi connectivity index (χ3n) is 8.06. The maximum absolute atomic E-state index is 14.0. The van der Waals surface area contributed by atoms with Crippen LogP contribution in [0, 0.1) is 0 Å². The number of nitrogens with two attached hydrogens (primary N) is 1.